The van der Waals surface area contributed by atoms with Crippen LogP contribution in [-0.2, 0) is 28.6 Å². The molecule has 0 fully saturated rings. The summed E-state index contributed by atoms with van der Waals surface area (Å²) in [7, 11) is 0. The largest absolute Gasteiger partial charge is 0.459 e. The van der Waals surface area contributed by atoms with Gasteiger partial charge in [-0.1, -0.05) is 6.58 Å². The summed E-state index contributed by atoms with van der Waals surface area (Å²) in [4.78, 5) is 32.8. The molecule has 0 aliphatic heterocycles. The number of ether oxygens (including phenoxy) is 3. The van der Waals surface area contributed by atoms with Crippen molar-refractivity contribution in [2.75, 3.05) is 19.8 Å². The highest BCUT2D eigenvalue weighted by atomic mass is 16.6. The molecule has 0 heterocycles. The molecular formula is C11H16O7. The molecule has 1 N–H and O–H groups in total. The molecule has 0 aromatic rings. The fourth-order valence-corrected chi connectivity index (χ4v) is 0.764. The second kappa shape index (κ2) is 8.24. The first-order valence-electron chi connectivity index (χ1n) is 5.23. The van der Waals surface area contributed by atoms with E-state index in [-0.39, 0.29) is 18.8 Å². The fourth-order valence-electron chi connectivity index (χ4n) is 0.764. The highest BCUT2D eigenvalue weighted by molar-refractivity contribution is 6.29. The lowest BCUT2D eigenvalue weighted by atomic mass is 10.3. The van der Waals surface area contributed by atoms with Gasteiger partial charge in [-0.3, -0.25) is 0 Å². The van der Waals surface area contributed by atoms with Gasteiger partial charge in [0, 0.05) is 5.57 Å². The van der Waals surface area contributed by atoms with Crippen LogP contribution in [-0.4, -0.2) is 48.9 Å². The van der Waals surface area contributed by atoms with Gasteiger partial charge in [0.15, 0.2) is 0 Å². The average molecular weight is 260 g/mol. The van der Waals surface area contributed by atoms with E-state index in [1.165, 1.54) is 13.8 Å². The molecular weight excluding hydrogens is 244 g/mol. The number of carbonyl (C=O) groups excluding carboxylic acids is 3. The zero-order valence-electron chi connectivity index (χ0n) is 10.3. The molecule has 0 aliphatic carbocycles. The van der Waals surface area contributed by atoms with E-state index in [2.05, 4.69) is 20.8 Å². The van der Waals surface area contributed by atoms with E-state index in [1.807, 2.05) is 0 Å². The van der Waals surface area contributed by atoms with Crippen molar-refractivity contribution in [3.8, 4) is 0 Å². The molecule has 0 spiro atoms. The average Bonchev–Trinajstić information content (AvgIpc) is 2.32. The molecule has 0 aromatic heterocycles. The Morgan fingerprint density at radius 3 is 1.94 bits per heavy atom. The van der Waals surface area contributed by atoms with Gasteiger partial charge in [0.25, 0.3) is 0 Å². The van der Waals surface area contributed by atoms with Crippen LogP contribution in [0, 0.1) is 0 Å². The lowest BCUT2D eigenvalue weighted by Gasteiger charge is -2.11. The van der Waals surface area contributed by atoms with E-state index < -0.39 is 30.6 Å². The molecule has 1 unspecified atom stereocenters. The number of aliphatic hydroxyl groups excluding tert-OH is 1. The molecule has 0 saturated heterocycles. The maximum Gasteiger partial charge on any atom is 0.417 e. The third kappa shape index (κ3) is 6.64. The minimum atomic E-state index is -1.22. The van der Waals surface area contributed by atoms with Crippen molar-refractivity contribution in [3.05, 3.63) is 12.2 Å². The van der Waals surface area contributed by atoms with Crippen molar-refractivity contribution in [2.24, 2.45) is 0 Å². The van der Waals surface area contributed by atoms with Crippen LogP contribution >= 0.6 is 0 Å². The number of hydrogen-bond acceptors (Lipinski definition) is 7. The predicted octanol–water partition coefficient (Wildman–Crippen LogP) is -0.427. The first-order chi connectivity index (χ1) is 8.38. The maximum atomic E-state index is 11.0. The number of aliphatic hydroxyl groups is 1. The van der Waals surface area contributed by atoms with Crippen LogP contribution in [0.15, 0.2) is 12.2 Å². The van der Waals surface area contributed by atoms with Gasteiger partial charge in [-0.15, -0.1) is 0 Å². The normalized spacial score (nSPS) is 11.3. The summed E-state index contributed by atoms with van der Waals surface area (Å²) in [6.07, 6.45) is -1.22. The Balaban J connectivity index is 3.86. The van der Waals surface area contributed by atoms with Gasteiger partial charge in [-0.2, -0.15) is 0 Å². The standard InChI is InChI=1S/C11H16O7/c1-4-16-10(14)11(15)18-6-8(12)5-17-9(13)7(2)3/h8,12H,2,4-6H2,1,3H3. The Labute approximate surface area is 104 Å². The second-order valence-electron chi connectivity index (χ2n) is 3.35. The Bertz CT molecular complexity index is 334. The fraction of sp³-hybridized carbons (Fsp3) is 0.545. The first kappa shape index (κ1) is 16.1. The Hall–Kier alpha value is -1.89. The van der Waals surface area contributed by atoms with Gasteiger partial charge in [-0.05, 0) is 13.8 Å². The minimum absolute atomic E-state index is 0.0483. The lowest BCUT2D eigenvalue weighted by molar-refractivity contribution is -0.169. The number of rotatable bonds is 6. The number of hydrogen-bond donors (Lipinski definition) is 1. The highest BCUT2D eigenvalue weighted by Gasteiger charge is 2.19. The topological polar surface area (TPSA) is 99.1 Å². The van der Waals surface area contributed by atoms with Crippen molar-refractivity contribution >= 4 is 17.9 Å². The molecule has 0 aromatic carbocycles. The zero-order valence-corrected chi connectivity index (χ0v) is 10.3. The highest BCUT2D eigenvalue weighted by Crippen LogP contribution is 1.95. The summed E-state index contributed by atoms with van der Waals surface area (Å²) in [6.45, 7) is 5.56. The van der Waals surface area contributed by atoms with E-state index in [1.54, 1.807) is 0 Å². The molecule has 0 radical (unpaired) electrons. The van der Waals surface area contributed by atoms with Crippen molar-refractivity contribution in [1.82, 2.24) is 0 Å². The van der Waals surface area contributed by atoms with E-state index in [0.717, 1.165) is 0 Å². The summed E-state index contributed by atoms with van der Waals surface area (Å²) in [5.41, 5.74) is 0.186. The zero-order chi connectivity index (χ0) is 14.1. The molecule has 7 nitrogen and oxygen atoms in total. The van der Waals surface area contributed by atoms with Crippen LogP contribution in [0.4, 0.5) is 0 Å². The third-order valence-electron chi connectivity index (χ3n) is 1.60. The van der Waals surface area contributed by atoms with Crippen LogP contribution in [0.3, 0.4) is 0 Å². The molecule has 0 aliphatic rings. The van der Waals surface area contributed by atoms with E-state index in [0.29, 0.717) is 0 Å². The molecule has 0 rings (SSSR count). The predicted molar refractivity (Wildman–Crippen MR) is 59.4 cm³/mol. The van der Waals surface area contributed by atoms with Crippen molar-refractivity contribution in [1.29, 1.82) is 0 Å². The summed E-state index contributed by atoms with van der Waals surface area (Å²) in [6, 6.07) is 0. The summed E-state index contributed by atoms with van der Waals surface area (Å²) in [5, 5.41) is 9.30. The third-order valence-corrected chi connectivity index (χ3v) is 1.60. The Kier molecular flexibility index (Phi) is 7.37. The molecule has 0 saturated carbocycles. The molecule has 0 bridgehead atoms. The molecule has 1 atom stereocenters. The summed E-state index contributed by atoms with van der Waals surface area (Å²) >= 11 is 0. The summed E-state index contributed by atoms with van der Waals surface area (Å²) < 4.78 is 13.4. The van der Waals surface area contributed by atoms with Gasteiger partial charge in [0.1, 0.15) is 19.3 Å². The molecule has 18 heavy (non-hydrogen) atoms. The molecule has 102 valence electrons. The smallest absolute Gasteiger partial charge is 0.417 e. The van der Waals surface area contributed by atoms with E-state index in [4.69, 9.17) is 0 Å². The van der Waals surface area contributed by atoms with Crippen molar-refractivity contribution in [2.45, 2.75) is 20.0 Å². The lowest BCUT2D eigenvalue weighted by Crippen LogP contribution is -2.28. The van der Waals surface area contributed by atoms with Crippen LogP contribution in [0.25, 0.3) is 0 Å². The molecule has 0 amide bonds. The second-order valence-corrected chi connectivity index (χ2v) is 3.35. The SMILES string of the molecule is C=C(C)C(=O)OCC(O)COC(=O)C(=O)OCC. The minimum Gasteiger partial charge on any atom is -0.459 e. The van der Waals surface area contributed by atoms with Gasteiger partial charge in [0.05, 0.1) is 6.61 Å². The van der Waals surface area contributed by atoms with Gasteiger partial charge >= 0.3 is 17.9 Å². The van der Waals surface area contributed by atoms with Gasteiger partial charge in [-0.25, -0.2) is 14.4 Å². The number of esters is 3. The maximum absolute atomic E-state index is 11.0. The summed E-state index contributed by atoms with van der Waals surface area (Å²) in [5.74, 6) is -3.00. The Morgan fingerprint density at radius 1 is 1.06 bits per heavy atom. The van der Waals surface area contributed by atoms with Crippen molar-refractivity contribution < 1.29 is 33.7 Å². The van der Waals surface area contributed by atoms with Crippen molar-refractivity contribution in [3.63, 3.8) is 0 Å². The van der Waals surface area contributed by atoms with Crippen LogP contribution < -0.4 is 0 Å². The quantitative estimate of drug-likeness (QED) is 0.299. The molecule has 7 heteroatoms. The van der Waals surface area contributed by atoms with Crippen LogP contribution in [0.2, 0.25) is 0 Å². The monoisotopic (exact) mass is 260 g/mol. The number of carbonyl (C=O) groups is 3. The van der Waals surface area contributed by atoms with Gasteiger partial charge in [0.2, 0.25) is 0 Å². The van der Waals surface area contributed by atoms with Gasteiger partial charge < -0.3 is 19.3 Å². The van der Waals surface area contributed by atoms with Crippen LogP contribution in [0.5, 0.6) is 0 Å². The van der Waals surface area contributed by atoms with E-state index in [9.17, 15) is 19.5 Å². The Morgan fingerprint density at radius 2 is 1.50 bits per heavy atom. The first-order valence-corrected chi connectivity index (χ1v) is 5.23. The van der Waals surface area contributed by atoms with Crippen LogP contribution in [0.1, 0.15) is 13.8 Å². The van der Waals surface area contributed by atoms with E-state index >= 15 is 0 Å².